The van der Waals surface area contributed by atoms with Crippen LogP contribution in [0.3, 0.4) is 0 Å². The number of benzene rings is 1. The second kappa shape index (κ2) is 8.08. The van der Waals surface area contributed by atoms with E-state index in [2.05, 4.69) is 36.5 Å². The molecular weight excluding hydrogens is 234 g/mol. The molecule has 2 nitrogen and oxygen atoms in total. The first-order valence-electron chi connectivity index (χ1n) is 7.85. The van der Waals surface area contributed by atoms with E-state index in [9.17, 15) is 0 Å². The van der Waals surface area contributed by atoms with Gasteiger partial charge in [-0.2, -0.15) is 0 Å². The van der Waals surface area contributed by atoms with E-state index in [-0.39, 0.29) is 0 Å². The Bertz CT molecular complexity index is 341. The molecule has 0 unspecified atom stereocenters. The van der Waals surface area contributed by atoms with Crippen molar-refractivity contribution in [2.45, 2.75) is 51.9 Å². The minimum absolute atomic E-state index is 0.867. The molecule has 0 saturated heterocycles. The van der Waals surface area contributed by atoms with Crippen LogP contribution in [0.5, 0.6) is 5.75 Å². The molecule has 2 rings (SSSR count). The fraction of sp³-hybridized carbons (Fsp3) is 0.647. The van der Waals surface area contributed by atoms with Crippen molar-refractivity contribution < 1.29 is 4.74 Å². The molecule has 0 heterocycles. The minimum atomic E-state index is 0.867. The predicted octanol–water partition coefficient (Wildman–Crippen LogP) is 4.86. The third-order valence-corrected chi connectivity index (χ3v) is 3.95. The highest BCUT2D eigenvalue weighted by Crippen LogP contribution is 2.26. The number of rotatable bonds is 7. The third kappa shape index (κ3) is 5.14. The fourth-order valence-corrected chi connectivity index (χ4v) is 2.76. The van der Waals surface area contributed by atoms with Gasteiger partial charge in [-0.15, -0.1) is 0 Å². The van der Waals surface area contributed by atoms with Crippen LogP contribution in [0.4, 0.5) is 5.69 Å². The van der Waals surface area contributed by atoms with E-state index in [0.29, 0.717) is 0 Å². The highest BCUT2D eigenvalue weighted by molar-refractivity contribution is 5.46. The Hall–Kier alpha value is -1.18. The van der Waals surface area contributed by atoms with Crippen LogP contribution in [-0.4, -0.2) is 13.2 Å². The molecule has 1 N–H and O–H groups in total. The van der Waals surface area contributed by atoms with Gasteiger partial charge in [0.25, 0.3) is 0 Å². The molecule has 2 heteroatoms. The van der Waals surface area contributed by atoms with Crippen LogP contribution in [-0.2, 0) is 0 Å². The molecule has 1 aromatic carbocycles. The highest BCUT2D eigenvalue weighted by atomic mass is 16.5. The zero-order chi connectivity index (χ0) is 13.3. The molecule has 0 aliphatic heterocycles. The Labute approximate surface area is 117 Å². The fourth-order valence-electron chi connectivity index (χ4n) is 2.76. The third-order valence-electron chi connectivity index (χ3n) is 3.95. The maximum Gasteiger partial charge on any atom is 0.119 e. The number of hydrogen-bond donors (Lipinski definition) is 1. The van der Waals surface area contributed by atoms with E-state index in [1.807, 2.05) is 0 Å². The Morgan fingerprint density at radius 2 is 1.84 bits per heavy atom. The first kappa shape index (κ1) is 14.2. The SMILES string of the molecule is CCCNc1ccc(OCCC2CCCCC2)cc1. The number of anilines is 1. The lowest BCUT2D eigenvalue weighted by atomic mass is 9.87. The summed E-state index contributed by atoms with van der Waals surface area (Å²) in [6, 6.07) is 8.34. The Balaban J connectivity index is 1.67. The maximum absolute atomic E-state index is 5.84. The minimum Gasteiger partial charge on any atom is -0.494 e. The van der Waals surface area contributed by atoms with Gasteiger partial charge in [-0.05, 0) is 43.0 Å². The molecule has 0 radical (unpaired) electrons. The summed E-state index contributed by atoms with van der Waals surface area (Å²) in [5, 5.41) is 3.37. The summed E-state index contributed by atoms with van der Waals surface area (Å²) >= 11 is 0. The van der Waals surface area contributed by atoms with Gasteiger partial charge in [-0.3, -0.25) is 0 Å². The second-order valence-corrected chi connectivity index (χ2v) is 5.59. The van der Waals surface area contributed by atoms with Crippen LogP contribution in [0, 0.1) is 5.92 Å². The van der Waals surface area contributed by atoms with Gasteiger partial charge in [0.2, 0.25) is 0 Å². The van der Waals surface area contributed by atoms with Crippen molar-refractivity contribution in [2.75, 3.05) is 18.5 Å². The van der Waals surface area contributed by atoms with E-state index in [1.54, 1.807) is 0 Å². The van der Waals surface area contributed by atoms with Crippen LogP contribution in [0.2, 0.25) is 0 Å². The molecule has 1 saturated carbocycles. The molecule has 1 aliphatic rings. The lowest BCUT2D eigenvalue weighted by Crippen LogP contribution is -2.10. The van der Waals surface area contributed by atoms with E-state index < -0.39 is 0 Å². The van der Waals surface area contributed by atoms with Gasteiger partial charge in [-0.1, -0.05) is 39.0 Å². The van der Waals surface area contributed by atoms with Gasteiger partial charge in [0.1, 0.15) is 5.75 Å². The van der Waals surface area contributed by atoms with E-state index >= 15 is 0 Å². The van der Waals surface area contributed by atoms with Crippen molar-refractivity contribution in [3.05, 3.63) is 24.3 Å². The van der Waals surface area contributed by atoms with Gasteiger partial charge < -0.3 is 10.1 Å². The first-order chi connectivity index (χ1) is 9.38. The predicted molar refractivity (Wildman–Crippen MR) is 81.9 cm³/mol. The number of nitrogens with one attached hydrogen (secondary N) is 1. The average Bonchev–Trinajstić information content (AvgIpc) is 2.47. The number of ether oxygens (including phenoxy) is 1. The Morgan fingerprint density at radius 3 is 2.53 bits per heavy atom. The monoisotopic (exact) mass is 261 g/mol. The first-order valence-corrected chi connectivity index (χ1v) is 7.85. The summed E-state index contributed by atoms with van der Waals surface area (Å²) in [5.74, 6) is 1.90. The standard InChI is InChI=1S/C17H27NO/c1-2-13-18-16-8-10-17(11-9-16)19-14-12-15-6-4-3-5-7-15/h8-11,15,18H,2-7,12-14H2,1H3. The summed E-state index contributed by atoms with van der Waals surface area (Å²) in [6.07, 6.45) is 9.45. The molecule has 1 fully saturated rings. The number of hydrogen-bond acceptors (Lipinski definition) is 2. The van der Waals surface area contributed by atoms with E-state index in [0.717, 1.165) is 31.2 Å². The lowest BCUT2D eigenvalue weighted by Gasteiger charge is -2.21. The Morgan fingerprint density at radius 1 is 1.11 bits per heavy atom. The molecule has 0 spiro atoms. The van der Waals surface area contributed by atoms with Crippen LogP contribution in [0.1, 0.15) is 51.9 Å². The van der Waals surface area contributed by atoms with Crippen molar-refractivity contribution in [1.82, 2.24) is 0 Å². The molecule has 0 aromatic heterocycles. The molecule has 0 bridgehead atoms. The normalized spacial score (nSPS) is 16.3. The summed E-state index contributed by atoms with van der Waals surface area (Å²) in [6.45, 7) is 4.07. The quantitative estimate of drug-likeness (QED) is 0.757. The van der Waals surface area contributed by atoms with Gasteiger partial charge in [0, 0.05) is 12.2 Å². The topological polar surface area (TPSA) is 21.3 Å². The molecule has 106 valence electrons. The van der Waals surface area contributed by atoms with Gasteiger partial charge >= 0.3 is 0 Å². The summed E-state index contributed by atoms with van der Waals surface area (Å²) < 4.78 is 5.84. The molecule has 0 atom stereocenters. The second-order valence-electron chi connectivity index (χ2n) is 5.59. The zero-order valence-corrected chi connectivity index (χ0v) is 12.2. The maximum atomic E-state index is 5.84. The molecule has 1 aliphatic carbocycles. The van der Waals surface area contributed by atoms with Crippen molar-refractivity contribution in [1.29, 1.82) is 0 Å². The van der Waals surface area contributed by atoms with Gasteiger partial charge in [0.05, 0.1) is 6.61 Å². The van der Waals surface area contributed by atoms with Crippen molar-refractivity contribution in [3.63, 3.8) is 0 Å². The van der Waals surface area contributed by atoms with E-state index in [4.69, 9.17) is 4.74 Å². The van der Waals surface area contributed by atoms with Crippen LogP contribution in [0.25, 0.3) is 0 Å². The van der Waals surface area contributed by atoms with Gasteiger partial charge in [-0.25, -0.2) is 0 Å². The van der Waals surface area contributed by atoms with Crippen LogP contribution < -0.4 is 10.1 Å². The van der Waals surface area contributed by atoms with E-state index in [1.165, 1.54) is 44.2 Å². The van der Waals surface area contributed by atoms with Crippen LogP contribution in [0.15, 0.2) is 24.3 Å². The zero-order valence-electron chi connectivity index (χ0n) is 12.2. The van der Waals surface area contributed by atoms with Crippen LogP contribution >= 0.6 is 0 Å². The van der Waals surface area contributed by atoms with Crippen molar-refractivity contribution in [3.8, 4) is 5.75 Å². The summed E-state index contributed by atoms with van der Waals surface area (Å²) in [5.41, 5.74) is 1.18. The average molecular weight is 261 g/mol. The Kier molecular flexibility index (Phi) is 6.06. The van der Waals surface area contributed by atoms with Gasteiger partial charge in [0.15, 0.2) is 0 Å². The molecule has 19 heavy (non-hydrogen) atoms. The summed E-state index contributed by atoms with van der Waals surface area (Å²) in [7, 11) is 0. The summed E-state index contributed by atoms with van der Waals surface area (Å²) in [4.78, 5) is 0. The van der Waals surface area contributed by atoms with Crippen molar-refractivity contribution in [2.24, 2.45) is 5.92 Å². The molecule has 1 aromatic rings. The highest BCUT2D eigenvalue weighted by Gasteiger charge is 2.12. The van der Waals surface area contributed by atoms with Crippen molar-refractivity contribution >= 4 is 5.69 Å². The largest absolute Gasteiger partial charge is 0.494 e. The molecular formula is C17H27NO. The lowest BCUT2D eigenvalue weighted by molar-refractivity contribution is 0.246. The molecule has 0 amide bonds. The smallest absolute Gasteiger partial charge is 0.119 e.